The first-order chi connectivity index (χ1) is 10.6. The highest BCUT2D eigenvalue weighted by atomic mass is 35.5. The average molecular weight is 328 g/mol. The van der Waals surface area contributed by atoms with Gasteiger partial charge in [-0.15, -0.1) is 0 Å². The highest BCUT2D eigenvalue weighted by Gasteiger charge is 2.16. The third kappa shape index (κ3) is 6.45. The lowest BCUT2D eigenvalue weighted by Crippen LogP contribution is -2.34. The van der Waals surface area contributed by atoms with E-state index in [-0.39, 0.29) is 18.3 Å². The summed E-state index contributed by atoms with van der Waals surface area (Å²) in [7, 11) is 1.34. The summed E-state index contributed by atoms with van der Waals surface area (Å²) < 4.78 is 9.91. The monoisotopic (exact) mass is 327 g/mol. The van der Waals surface area contributed by atoms with E-state index in [1.165, 1.54) is 7.11 Å². The lowest BCUT2D eigenvalue weighted by Gasteiger charge is -2.22. The molecule has 0 fully saturated rings. The normalized spacial score (nSPS) is 10.3. The Labute approximate surface area is 136 Å². The van der Waals surface area contributed by atoms with Crippen molar-refractivity contribution < 1.29 is 19.1 Å². The number of benzene rings is 1. The van der Waals surface area contributed by atoms with Crippen LogP contribution in [0, 0.1) is 0 Å². The minimum atomic E-state index is -0.335. The Bertz CT molecular complexity index is 476. The summed E-state index contributed by atoms with van der Waals surface area (Å²) in [6, 6.07) is 6.71. The van der Waals surface area contributed by atoms with E-state index >= 15 is 0 Å². The molecule has 0 aliphatic heterocycles. The second-order valence-electron chi connectivity index (χ2n) is 4.68. The van der Waals surface area contributed by atoms with Gasteiger partial charge in [0.05, 0.1) is 13.5 Å². The predicted octanol–water partition coefficient (Wildman–Crippen LogP) is 2.77. The predicted molar refractivity (Wildman–Crippen MR) is 85.1 cm³/mol. The Balaban J connectivity index is 2.67. The van der Waals surface area contributed by atoms with Crippen molar-refractivity contribution in [2.75, 3.05) is 33.4 Å². The van der Waals surface area contributed by atoms with Gasteiger partial charge in [-0.05, 0) is 37.6 Å². The second-order valence-corrected chi connectivity index (χ2v) is 5.11. The third-order valence-electron chi connectivity index (χ3n) is 3.11. The molecule has 0 aliphatic rings. The van der Waals surface area contributed by atoms with E-state index in [9.17, 15) is 9.59 Å². The molecule has 22 heavy (non-hydrogen) atoms. The summed E-state index contributed by atoms with van der Waals surface area (Å²) in [6.07, 6.45) is 0.888. The first-order valence-corrected chi connectivity index (χ1v) is 7.65. The molecule has 0 atom stereocenters. The van der Waals surface area contributed by atoms with Crippen molar-refractivity contribution >= 4 is 23.5 Å². The molecule has 0 radical (unpaired) electrons. The second kappa shape index (κ2) is 10.2. The number of ether oxygens (including phenoxy) is 2. The van der Waals surface area contributed by atoms with Gasteiger partial charge in [0, 0.05) is 36.9 Å². The molecule has 0 saturated heterocycles. The number of carbonyl (C=O) groups is 2. The largest absolute Gasteiger partial charge is 0.469 e. The van der Waals surface area contributed by atoms with E-state index in [1.54, 1.807) is 29.2 Å². The standard InChI is InChI=1S/C16H22ClNO4/c1-3-22-12-4-10-18(11-9-15(19)21-2)16(20)13-5-7-14(17)8-6-13/h5-8H,3-4,9-12H2,1-2H3. The molecule has 1 rings (SSSR count). The maximum atomic E-state index is 12.5. The van der Waals surface area contributed by atoms with Crippen LogP contribution in [0.1, 0.15) is 30.1 Å². The van der Waals surface area contributed by atoms with Crippen LogP contribution in [0.3, 0.4) is 0 Å². The van der Waals surface area contributed by atoms with Crippen LogP contribution in [-0.2, 0) is 14.3 Å². The van der Waals surface area contributed by atoms with E-state index in [4.69, 9.17) is 16.3 Å². The van der Waals surface area contributed by atoms with Crippen molar-refractivity contribution in [3.05, 3.63) is 34.9 Å². The van der Waals surface area contributed by atoms with Crippen molar-refractivity contribution in [1.29, 1.82) is 0 Å². The zero-order valence-corrected chi connectivity index (χ0v) is 13.8. The molecule has 1 amide bonds. The van der Waals surface area contributed by atoms with E-state index < -0.39 is 0 Å². The molecule has 0 unspecified atom stereocenters. The number of esters is 1. The van der Waals surface area contributed by atoms with E-state index in [0.29, 0.717) is 43.3 Å². The van der Waals surface area contributed by atoms with E-state index in [2.05, 4.69) is 4.74 Å². The van der Waals surface area contributed by atoms with Crippen LogP contribution in [0.4, 0.5) is 0 Å². The highest BCUT2D eigenvalue weighted by molar-refractivity contribution is 6.30. The summed E-state index contributed by atoms with van der Waals surface area (Å²) in [6.45, 7) is 4.00. The molecule has 0 heterocycles. The van der Waals surface area contributed by atoms with Gasteiger partial charge in [0.1, 0.15) is 0 Å². The van der Waals surface area contributed by atoms with E-state index in [0.717, 1.165) is 0 Å². The summed E-state index contributed by atoms with van der Waals surface area (Å²) in [5.74, 6) is -0.462. The van der Waals surface area contributed by atoms with Crippen molar-refractivity contribution in [3.63, 3.8) is 0 Å². The molecule has 1 aromatic carbocycles. The van der Waals surface area contributed by atoms with Gasteiger partial charge in [0.25, 0.3) is 5.91 Å². The number of hydrogen-bond donors (Lipinski definition) is 0. The van der Waals surface area contributed by atoms with E-state index in [1.807, 2.05) is 6.92 Å². The van der Waals surface area contributed by atoms with Crippen molar-refractivity contribution in [2.45, 2.75) is 19.8 Å². The van der Waals surface area contributed by atoms with Gasteiger partial charge in [-0.1, -0.05) is 11.6 Å². The Morgan fingerprint density at radius 2 is 1.86 bits per heavy atom. The summed E-state index contributed by atoms with van der Waals surface area (Å²) in [4.78, 5) is 25.4. The van der Waals surface area contributed by atoms with Gasteiger partial charge in [0.15, 0.2) is 0 Å². The Hall–Kier alpha value is -1.59. The smallest absolute Gasteiger partial charge is 0.307 e. The summed E-state index contributed by atoms with van der Waals surface area (Å²) in [5.41, 5.74) is 0.547. The zero-order valence-electron chi connectivity index (χ0n) is 13.0. The SMILES string of the molecule is CCOCCCN(CCC(=O)OC)C(=O)c1ccc(Cl)cc1. The van der Waals surface area contributed by atoms with Crippen LogP contribution < -0.4 is 0 Å². The fourth-order valence-corrected chi connectivity index (χ4v) is 2.05. The third-order valence-corrected chi connectivity index (χ3v) is 3.36. The molecule has 6 heteroatoms. The topological polar surface area (TPSA) is 55.8 Å². The Morgan fingerprint density at radius 3 is 2.45 bits per heavy atom. The Morgan fingerprint density at radius 1 is 1.18 bits per heavy atom. The average Bonchev–Trinajstić information content (AvgIpc) is 2.54. The Kier molecular flexibility index (Phi) is 8.55. The number of rotatable bonds is 9. The summed E-state index contributed by atoms with van der Waals surface area (Å²) in [5, 5.41) is 0.578. The van der Waals surface area contributed by atoms with Gasteiger partial charge in [-0.25, -0.2) is 0 Å². The van der Waals surface area contributed by atoms with Crippen LogP contribution in [-0.4, -0.2) is 50.2 Å². The van der Waals surface area contributed by atoms with Crippen molar-refractivity contribution in [1.82, 2.24) is 4.90 Å². The van der Waals surface area contributed by atoms with Crippen LogP contribution in [0.5, 0.6) is 0 Å². The van der Waals surface area contributed by atoms with Crippen molar-refractivity contribution in [2.24, 2.45) is 0 Å². The molecule has 0 saturated carbocycles. The van der Waals surface area contributed by atoms with Gasteiger partial charge in [-0.3, -0.25) is 9.59 Å². The lowest BCUT2D eigenvalue weighted by molar-refractivity contribution is -0.140. The maximum Gasteiger partial charge on any atom is 0.307 e. The molecule has 0 bridgehead atoms. The number of methoxy groups -OCH3 is 1. The molecule has 5 nitrogen and oxygen atoms in total. The molecular weight excluding hydrogens is 306 g/mol. The number of halogens is 1. The van der Waals surface area contributed by atoms with Crippen molar-refractivity contribution in [3.8, 4) is 0 Å². The molecule has 0 spiro atoms. The number of nitrogens with zero attached hydrogens (tertiary/aromatic N) is 1. The molecule has 0 aliphatic carbocycles. The highest BCUT2D eigenvalue weighted by Crippen LogP contribution is 2.12. The number of carbonyl (C=O) groups excluding carboxylic acids is 2. The molecule has 122 valence electrons. The lowest BCUT2D eigenvalue weighted by atomic mass is 10.2. The van der Waals surface area contributed by atoms with Crippen LogP contribution in [0.25, 0.3) is 0 Å². The number of amides is 1. The van der Waals surface area contributed by atoms with Gasteiger partial charge >= 0.3 is 5.97 Å². The van der Waals surface area contributed by atoms with Gasteiger partial charge < -0.3 is 14.4 Å². The minimum absolute atomic E-state index is 0.128. The zero-order chi connectivity index (χ0) is 16.4. The maximum absolute atomic E-state index is 12.5. The molecule has 0 aromatic heterocycles. The van der Waals surface area contributed by atoms with Gasteiger partial charge in [0.2, 0.25) is 0 Å². The molecule has 1 aromatic rings. The quantitative estimate of drug-likeness (QED) is 0.517. The first-order valence-electron chi connectivity index (χ1n) is 7.28. The molecule has 0 N–H and O–H groups in total. The van der Waals surface area contributed by atoms with Crippen LogP contribution in [0.2, 0.25) is 5.02 Å². The fraction of sp³-hybridized carbons (Fsp3) is 0.500. The van der Waals surface area contributed by atoms with Crippen LogP contribution in [0.15, 0.2) is 24.3 Å². The number of hydrogen-bond acceptors (Lipinski definition) is 4. The minimum Gasteiger partial charge on any atom is -0.469 e. The van der Waals surface area contributed by atoms with Crippen LogP contribution >= 0.6 is 11.6 Å². The molecular formula is C16H22ClNO4. The first kappa shape index (κ1) is 18.5. The van der Waals surface area contributed by atoms with Gasteiger partial charge in [-0.2, -0.15) is 0 Å². The fourth-order valence-electron chi connectivity index (χ4n) is 1.92. The summed E-state index contributed by atoms with van der Waals surface area (Å²) >= 11 is 5.83.